The van der Waals surface area contributed by atoms with E-state index >= 15 is 0 Å². The van der Waals surface area contributed by atoms with Crippen LogP contribution in [0, 0.1) is 12.8 Å². The van der Waals surface area contributed by atoms with Crippen LogP contribution in [0.4, 0.5) is 0 Å². The highest BCUT2D eigenvalue weighted by Gasteiger charge is 2.32. The summed E-state index contributed by atoms with van der Waals surface area (Å²) in [4.78, 5) is 12.8. The van der Waals surface area contributed by atoms with Gasteiger partial charge in [0.15, 0.2) is 0 Å². The number of rotatable bonds is 5. The van der Waals surface area contributed by atoms with Gasteiger partial charge in [-0.15, -0.1) is 0 Å². The topological polar surface area (TPSA) is 102 Å². The van der Waals surface area contributed by atoms with Crippen LogP contribution in [0.5, 0.6) is 0 Å². The predicted molar refractivity (Wildman–Crippen MR) is 107 cm³/mol. The molecule has 1 aromatic carbocycles. The van der Waals surface area contributed by atoms with Crippen molar-refractivity contribution >= 4 is 21.6 Å². The highest BCUT2D eigenvalue weighted by atomic mass is 35.5. The number of hydrogen-bond acceptors (Lipinski definition) is 7. The molecule has 10 heteroatoms. The van der Waals surface area contributed by atoms with Crippen LogP contribution in [0.3, 0.4) is 0 Å². The number of aromatic nitrogens is 4. The van der Waals surface area contributed by atoms with E-state index in [-0.39, 0.29) is 10.8 Å². The van der Waals surface area contributed by atoms with Crippen LogP contribution < -0.4 is 0 Å². The minimum absolute atomic E-state index is 0.0909. The van der Waals surface area contributed by atoms with Crippen molar-refractivity contribution < 1.29 is 12.9 Å². The lowest BCUT2D eigenvalue weighted by Crippen LogP contribution is -2.40. The van der Waals surface area contributed by atoms with E-state index in [1.165, 1.54) is 10.4 Å². The van der Waals surface area contributed by atoms with Gasteiger partial charge >= 0.3 is 0 Å². The average Bonchev–Trinajstić information content (AvgIpc) is 3.19. The average molecular weight is 434 g/mol. The highest BCUT2D eigenvalue weighted by molar-refractivity contribution is 7.89. The molecule has 0 radical (unpaired) electrons. The molecular weight excluding hydrogens is 414 g/mol. The Balaban J connectivity index is 1.49. The molecule has 8 nitrogen and oxygen atoms in total. The van der Waals surface area contributed by atoms with Gasteiger partial charge in [-0.3, -0.25) is 4.98 Å². The third-order valence-corrected chi connectivity index (χ3v) is 7.22. The molecule has 1 atom stereocenters. The van der Waals surface area contributed by atoms with Gasteiger partial charge in [0.25, 0.3) is 0 Å². The summed E-state index contributed by atoms with van der Waals surface area (Å²) in [5.74, 6) is 0.935. The zero-order valence-corrected chi connectivity index (χ0v) is 17.4. The number of halogens is 1. The summed E-state index contributed by atoms with van der Waals surface area (Å²) in [6, 6.07) is 4.93. The predicted octanol–water partition coefficient (Wildman–Crippen LogP) is 3.13. The van der Waals surface area contributed by atoms with Crippen molar-refractivity contribution in [2.45, 2.75) is 31.1 Å². The molecule has 0 spiro atoms. The Morgan fingerprint density at radius 1 is 1.31 bits per heavy atom. The van der Waals surface area contributed by atoms with Crippen LogP contribution in [0.25, 0.3) is 11.5 Å². The van der Waals surface area contributed by atoms with Gasteiger partial charge in [0, 0.05) is 36.9 Å². The van der Waals surface area contributed by atoms with Gasteiger partial charge in [-0.2, -0.15) is 9.29 Å². The third kappa shape index (κ3) is 4.31. The molecule has 1 fully saturated rings. The maximum absolute atomic E-state index is 13.1. The Labute approximate surface area is 174 Å². The summed E-state index contributed by atoms with van der Waals surface area (Å²) < 4.78 is 33.2. The summed E-state index contributed by atoms with van der Waals surface area (Å²) in [6.07, 6.45) is 6.87. The first-order valence-corrected chi connectivity index (χ1v) is 11.1. The van der Waals surface area contributed by atoms with Crippen molar-refractivity contribution in [3.63, 3.8) is 0 Å². The Kier molecular flexibility index (Phi) is 5.62. The lowest BCUT2D eigenvalue weighted by atomic mass is 9.96. The van der Waals surface area contributed by atoms with Crippen molar-refractivity contribution in [2.75, 3.05) is 13.1 Å². The van der Waals surface area contributed by atoms with Crippen LogP contribution in [-0.4, -0.2) is 45.9 Å². The molecule has 3 heterocycles. The van der Waals surface area contributed by atoms with Crippen molar-refractivity contribution in [1.29, 1.82) is 0 Å². The van der Waals surface area contributed by atoms with E-state index in [4.69, 9.17) is 16.1 Å². The molecule has 1 unspecified atom stereocenters. The molecule has 152 valence electrons. The quantitative estimate of drug-likeness (QED) is 0.608. The fourth-order valence-corrected chi connectivity index (χ4v) is 5.55. The second-order valence-corrected chi connectivity index (χ2v) is 9.43. The fraction of sp³-hybridized carbons (Fsp3) is 0.368. The number of hydrogen-bond donors (Lipinski definition) is 0. The van der Waals surface area contributed by atoms with E-state index in [9.17, 15) is 8.42 Å². The first-order chi connectivity index (χ1) is 13.9. The van der Waals surface area contributed by atoms with Crippen LogP contribution in [0.1, 0.15) is 24.3 Å². The smallest absolute Gasteiger partial charge is 0.243 e. The van der Waals surface area contributed by atoms with Gasteiger partial charge in [0.05, 0.1) is 11.1 Å². The van der Waals surface area contributed by atoms with E-state index in [0.29, 0.717) is 47.5 Å². The van der Waals surface area contributed by atoms with Crippen molar-refractivity contribution in [2.24, 2.45) is 5.92 Å². The maximum Gasteiger partial charge on any atom is 0.243 e. The second kappa shape index (κ2) is 8.17. The van der Waals surface area contributed by atoms with E-state index in [1.54, 1.807) is 37.6 Å². The van der Waals surface area contributed by atoms with Gasteiger partial charge in [-0.1, -0.05) is 22.8 Å². The van der Waals surface area contributed by atoms with E-state index < -0.39 is 10.0 Å². The molecule has 0 aliphatic carbocycles. The summed E-state index contributed by atoms with van der Waals surface area (Å²) >= 11 is 6.03. The minimum atomic E-state index is -3.61. The zero-order valence-electron chi connectivity index (χ0n) is 15.8. The largest absolute Gasteiger partial charge is 0.339 e. The first kappa shape index (κ1) is 19.9. The monoisotopic (exact) mass is 433 g/mol. The summed E-state index contributed by atoms with van der Waals surface area (Å²) in [6.45, 7) is 2.66. The molecule has 0 bridgehead atoms. The lowest BCUT2D eigenvalue weighted by molar-refractivity contribution is 0.247. The lowest BCUT2D eigenvalue weighted by Gasteiger charge is -2.31. The van der Waals surface area contributed by atoms with Gasteiger partial charge in [0.1, 0.15) is 5.69 Å². The second-order valence-electron chi connectivity index (χ2n) is 7.09. The molecule has 0 N–H and O–H groups in total. The number of piperidine rings is 1. The summed E-state index contributed by atoms with van der Waals surface area (Å²) in [7, 11) is -3.61. The molecule has 1 aliphatic rings. The van der Waals surface area contributed by atoms with Gasteiger partial charge in [-0.05, 0) is 43.4 Å². The van der Waals surface area contributed by atoms with Gasteiger partial charge in [0.2, 0.25) is 21.7 Å². The zero-order chi connectivity index (χ0) is 20.4. The molecule has 3 aromatic rings. The molecule has 0 saturated carbocycles. The molecule has 4 rings (SSSR count). The standard InChI is InChI=1S/C19H20ClN5O3S/c1-13-4-5-15(20)10-17(13)29(26,27)25-8-2-3-14(12-25)9-18-23-19(24-28-18)16-11-21-6-7-22-16/h4-7,10-11,14H,2-3,8-9,12H2,1H3. The SMILES string of the molecule is Cc1ccc(Cl)cc1S(=O)(=O)N1CCCC(Cc2nc(-c3cnccn3)no2)C1. The van der Waals surface area contributed by atoms with Crippen molar-refractivity contribution in [3.8, 4) is 11.5 Å². The molecule has 1 aliphatic heterocycles. The third-order valence-electron chi connectivity index (χ3n) is 4.97. The van der Waals surface area contributed by atoms with Crippen molar-refractivity contribution in [3.05, 3.63) is 53.3 Å². The Hall–Kier alpha value is -2.36. The van der Waals surface area contributed by atoms with Crippen LogP contribution in [-0.2, 0) is 16.4 Å². The maximum atomic E-state index is 13.1. The summed E-state index contributed by atoms with van der Waals surface area (Å²) in [5, 5.41) is 4.36. The van der Waals surface area contributed by atoms with Crippen molar-refractivity contribution in [1.82, 2.24) is 24.4 Å². The van der Waals surface area contributed by atoms with Crippen LogP contribution in [0.15, 0.2) is 46.2 Å². The number of sulfonamides is 1. The Bertz CT molecular complexity index is 1100. The summed E-state index contributed by atoms with van der Waals surface area (Å²) in [5.41, 5.74) is 1.22. The fourth-order valence-electron chi connectivity index (χ4n) is 3.51. The van der Waals surface area contributed by atoms with E-state index in [0.717, 1.165) is 12.8 Å². The molecular formula is C19H20ClN5O3S. The Morgan fingerprint density at radius 3 is 2.97 bits per heavy atom. The highest BCUT2D eigenvalue weighted by Crippen LogP contribution is 2.29. The molecule has 0 amide bonds. The Morgan fingerprint density at radius 2 is 2.17 bits per heavy atom. The van der Waals surface area contributed by atoms with Gasteiger partial charge in [-0.25, -0.2) is 13.4 Å². The van der Waals surface area contributed by atoms with E-state index in [1.807, 2.05) is 0 Å². The van der Waals surface area contributed by atoms with Gasteiger partial charge < -0.3 is 4.52 Å². The molecule has 1 saturated heterocycles. The molecule has 29 heavy (non-hydrogen) atoms. The minimum Gasteiger partial charge on any atom is -0.339 e. The number of benzene rings is 1. The van der Waals surface area contributed by atoms with Crippen LogP contribution >= 0.6 is 11.6 Å². The normalized spacial score (nSPS) is 18.1. The van der Waals surface area contributed by atoms with E-state index in [2.05, 4.69) is 20.1 Å². The molecule has 2 aromatic heterocycles. The van der Waals surface area contributed by atoms with Crippen LogP contribution in [0.2, 0.25) is 5.02 Å². The number of aryl methyl sites for hydroxylation is 1. The first-order valence-electron chi connectivity index (χ1n) is 9.29. The number of nitrogens with zero attached hydrogens (tertiary/aromatic N) is 5.